The molecule has 2 aromatic rings. The maximum absolute atomic E-state index is 12.7. The number of aliphatic carboxylic acids is 5. The molecule has 3 atom stereocenters. The van der Waals surface area contributed by atoms with Crippen LogP contribution in [0.2, 0.25) is 0 Å². The summed E-state index contributed by atoms with van der Waals surface area (Å²) in [5, 5.41) is 53.2. The molecule has 52 heavy (non-hydrogen) atoms. The van der Waals surface area contributed by atoms with E-state index in [0.29, 0.717) is 56.2 Å². The van der Waals surface area contributed by atoms with Crippen molar-refractivity contribution in [3.05, 3.63) is 36.4 Å². The molecule has 284 valence electrons. The second kappa shape index (κ2) is 17.1. The molecule has 0 spiro atoms. The Morgan fingerprint density at radius 3 is 1.77 bits per heavy atom. The number of nitrogens with one attached hydrogen (secondary N) is 3. The number of imidazole rings is 2. The Morgan fingerprint density at radius 1 is 0.750 bits per heavy atom. The van der Waals surface area contributed by atoms with Gasteiger partial charge in [-0.25, -0.2) is 37.6 Å². The summed E-state index contributed by atoms with van der Waals surface area (Å²) >= 11 is 0. The fraction of sp³-hybridized carbons (Fsp3) is 0.581. The molecule has 2 aromatic heterocycles. The van der Waals surface area contributed by atoms with Crippen LogP contribution in [-0.4, -0.2) is 112 Å². The average molecular weight is 737 g/mol. The highest BCUT2D eigenvalue weighted by molar-refractivity contribution is 5.86. The van der Waals surface area contributed by atoms with Crippen LogP contribution >= 0.6 is 0 Å². The number of nitrogens with zero attached hydrogens (tertiary/aromatic N) is 5. The molecule has 0 aliphatic carbocycles. The number of aromatic nitrogens is 4. The van der Waals surface area contributed by atoms with E-state index < -0.39 is 60.4 Å². The summed E-state index contributed by atoms with van der Waals surface area (Å²) in [7, 11) is 0. The third kappa shape index (κ3) is 9.60. The molecule has 0 aromatic carbocycles. The highest BCUT2D eigenvalue weighted by Crippen LogP contribution is 2.42. The number of carbonyl (C=O) groups is 7. The fourth-order valence-corrected chi connectivity index (χ4v) is 6.89. The van der Waals surface area contributed by atoms with Crippen LogP contribution in [0.3, 0.4) is 0 Å². The number of fused-ring (bicyclic) bond motifs is 5. The minimum Gasteiger partial charge on any atom is -0.481 e. The molecule has 2 aliphatic rings. The van der Waals surface area contributed by atoms with Crippen LogP contribution in [0.5, 0.6) is 0 Å². The Hall–Kier alpha value is -5.57. The fourth-order valence-electron chi connectivity index (χ4n) is 6.89. The minimum absolute atomic E-state index is 0.0145. The van der Waals surface area contributed by atoms with Crippen molar-refractivity contribution >= 4 is 41.8 Å². The number of urea groups is 1. The molecule has 3 amide bonds. The van der Waals surface area contributed by atoms with Crippen molar-refractivity contribution in [1.29, 1.82) is 0 Å². The highest BCUT2D eigenvalue weighted by Gasteiger charge is 2.62. The van der Waals surface area contributed by atoms with E-state index in [2.05, 4.69) is 16.0 Å². The summed E-state index contributed by atoms with van der Waals surface area (Å²) in [6, 6.07) is -4.72. The van der Waals surface area contributed by atoms with Gasteiger partial charge in [0.05, 0.1) is 12.6 Å². The lowest BCUT2D eigenvalue weighted by Gasteiger charge is -2.28. The van der Waals surface area contributed by atoms with Gasteiger partial charge in [-0.2, -0.15) is 0 Å². The van der Waals surface area contributed by atoms with E-state index in [4.69, 9.17) is 10.8 Å². The molecule has 4 rings (SSSR count). The van der Waals surface area contributed by atoms with Crippen LogP contribution in [0.25, 0.3) is 0 Å². The smallest absolute Gasteiger partial charge is 0.380 e. The Labute approximate surface area is 296 Å². The first kappa shape index (κ1) is 39.2. The standard InChI is InChI=1S/C31H43N9O12/c32-19(27(47)33-9-3-1-6-20(28(48)49)34-30(52)35-21(29(50)51)7-8-24(41)42)5-2-4-14-40-17-22-36(15-25(43)44)10-12-38(22)31(40)39-13-11-37(16-26(45)46)23(39)18-40/h10-13,19-21,31H,1-9,14-18,32H2,(H5-3,33,34,35,41,42,43,44,45,46,47,48,49,50,51,52)/p+3/t19-,20-,21-,31?,40?/m0/s1. The van der Waals surface area contributed by atoms with Crippen LogP contribution in [0.1, 0.15) is 69.3 Å². The van der Waals surface area contributed by atoms with Crippen LogP contribution in [0, 0.1) is 0 Å². The van der Waals surface area contributed by atoms with E-state index in [-0.39, 0.29) is 44.7 Å². The molecule has 4 heterocycles. The van der Waals surface area contributed by atoms with Crippen molar-refractivity contribution < 1.29 is 72.7 Å². The highest BCUT2D eigenvalue weighted by atomic mass is 16.4. The zero-order chi connectivity index (χ0) is 38.2. The molecule has 21 nitrogen and oxygen atoms in total. The van der Waals surface area contributed by atoms with Crippen molar-refractivity contribution in [2.75, 3.05) is 13.1 Å². The van der Waals surface area contributed by atoms with Crippen molar-refractivity contribution in [1.82, 2.24) is 25.1 Å². The minimum atomic E-state index is -1.51. The van der Waals surface area contributed by atoms with Crippen LogP contribution < -0.4 is 30.8 Å². The number of carbonyl (C=O) groups excluding carboxylic acids is 2. The molecular formula is C31H46N9O12+3. The largest absolute Gasteiger partial charge is 0.481 e. The maximum atomic E-state index is 12.7. The summed E-state index contributed by atoms with van der Waals surface area (Å²) < 4.78 is 8.01. The van der Waals surface area contributed by atoms with E-state index in [1.54, 1.807) is 21.5 Å². The van der Waals surface area contributed by atoms with Gasteiger partial charge in [-0.15, -0.1) is 9.13 Å². The van der Waals surface area contributed by atoms with E-state index in [0.717, 1.165) is 11.6 Å². The molecule has 0 radical (unpaired) electrons. The molecule has 0 bridgehead atoms. The second-order valence-electron chi connectivity index (χ2n) is 13.1. The Morgan fingerprint density at radius 2 is 1.27 bits per heavy atom. The number of amides is 3. The van der Waals surface area contributed by atoms with Crippen LogP contribution in [0.4, 0.5) is 4.79 Å². The first-order valence-electron chi connectivity index (χ1n) is 16.9. The summed E-state index contributed by atoms with van der Waals surface area (Å²) in [5.74, 6) is -4.66. The van der Waals surface area contributed by atoms with Gasteiger partial charge in [0.1, 0.15) is 36.9 Å². The van der Waals surface area contributed by atoms with E-state index >= 15 is 0 Å². The van der Waals surface area contributed by atoms with Gasteiger partial charge in [-0.1, -0.05) is 0 Å². The van der Waals surface area contributed by atoms with Gasteiger partial charge in [0.2, 0.25) is 5.91 Å². The lowest BCUT2D eigenvalue weighted by atomic mass is 10.1. The summed E-state index contributed by atoms with van der Waals surface area (Å²) in [6.07, 6.45) is 8.39. The number of carboxylic acid groups (broad SMARTS) is 5. The topological polar surface area (TPSA) is 300 Å². The van der Waals surface area contributed by atoms with Crippen LogP contribution in [-0.2, 0) is 54.9 Å². The summed E-state index contributed by atoms with van der Waals surface area (Å²) in [6.45, 7) is 1.56. The number of unbranched alkanes of at least 4 members (excludes halogenated alkanes) is 2. The lowest BCUT2D eigenvalue weighted by molar-refractivity contribution is -0.982. The Kier molecular flexibility index (Phi) is 12.9. The van der Waals surface area contributed by atoms with Gasteiger partial charge in [0.25, 0.3) is 0 Å². The van der Waals surface area contributed by atoms with E-state index in [9.17, 15) is 54.0 Å². The lowest BCUT2D eigenvalue weighted by Crippen LogP contribution is -2.51. The molecular weight excluding hydrogens is 690 g/mol. The zero-order valence-electron chi connectivity index (χ0n) is 28.4. The number of carboxylic acids is 5. The number of nitrogens with two attached hydrogens (primary N) is 1. The van der Waals surface area contributed by atoms with Gasteiger partial charge < -0.3 is 47.2 Å². The normalized spacial score (nSPS) is 18.7. The second-order valence-corrected chi connectivity index (χ2v) is 13.1. The van der Waals surface area contributed by atoms with E-state index in [1.807, 2.05) is 21.5 Å². The zero-order valence-corrected chi connectivity index (χ0v) is 28.4. The molecule has 2 aliphatic heterocycles. The molecule has 10 N–H and O–H groups in total. The van der Waals surface area contributed by atoms with Gasteiger partial charge >= 0.3 is 53.8 Å². The number of hydrogen-bond donors (Lipinski definition) is 9. The third-order valence-corrected chi connectivity index (χ3v) is 9.36. The average Bonchev–Trinajstić information content (AvgIpc) is 3.78. The Balaban J connectivity index is 1.21. The molecule has 0 saturated heterocycles. The van der Waals surface area contributed by atoms with Gasteiger partial charge in [0.15, 0.2) is 26.2 Å². The predicted molar refractivity (Wildman–Crippen MR) is 172 cm³/mol. The van der Waals surface area contributed by atoms with Crippen molar-refractivity contribution in [3.63, 3.8) is 0 Å². The summed E-state index contributed by atoms with van der Waals surface area (Å²) in [5.41, 5.74) is 6.16. The Bertz CT molecular complexity index is 1620. The van der Waals surface area contributed by atoms with Gasteiger partial charge in [-0.3, -0.25) is 9.59 Å². The van der Waals surface area contributed by atoms with Crippen molar-refractivity contribution in [2.45, 2.75) is 102 Å². The third-order valence-electron chi connectivity index (χ3n) is 9.36. The maximum Gasteiger partial charge on any atom is 0.380 e. The molecule has 21 heteroatoms. The first-order valence-corrected chi connectivity index (χ1v) is 16.9. The van der Waals surface area contributed by atoms with Gasteiger partial charge in [0, 0.05) is 13.0 Å². The predicted octanol–water partition coefficient (Wildman–Crippen LogP) is -2.26. The van der Waals surface area contributed by atoms with Crippen LogP contribution in [0.15, 0.2) is 24.8 Å². The van der Waals surface area contributed by atoms with Gasteiger partial charge in [-0.05, 0) is 44.9 Å². The monoisotopic (exact) mass is 736 g/mol. The summed E-state index contributed by atoms with van der Waals surface area (Å²) in [4.78, 5) is 81.4. The number of rotatable bonds is 22. The van der Waals surface area contributed by atoms with E-state index in [1.165, 1.54) is 0 Å². The van der Waals surface area contributed by atoms with Crippen molar-refractivity contribution in [3.8, 4) is 0 Å². The number of quaternary nitrogens is 1. The quantitative estimate of drug-likeness (QED) is 0.0351. The van der Waals surface area contributed by atoms with Crippen molar-refractivity contribution in [2.24, 2.45) is 5.73 Å². The SMILES string of the molecule is N[C@@H](CCCC[N+]12Cc3n(cc[n+]3CC(=O)O)C1n1cc[n+](CC(=O)O)c1C2)C(=O)NCCCC[C@H](NC(=O)N[C@@H](CCC(=O)O)C(=O)O)C(=O)O. The molecule has 0 fully saturated rings. The molecule has 0 unspecified atom stereocenters. The number of hydrogen-bond acceptors (Lipinski definition) is 8. The first-order chi connectivity index (χ1) is 24.6. The molecule has 0 saturated carbocycles.